The minimum absolute atomic E-state index is 0.0819. The summed E-state index contributed by atoms with van der Waals surface area (Å²) in [7, 11) is 0. The van der Waals surface area contributed by atoms with Crippen LogP contribution in [-0.2, 0) is 12.8 Å². The summed E-state index contributed by atoms with van der Waals surface area (Å²) in [5.74, 6) is -0.0819. The van der Waals surface area contributed by atoms with Crippen LogP contribution in [0.5, 0.6) is 0 Å². The molecule has 0 unspecified atom stereocenters. The van der Waals surface area contributed by atoms with Crippen LogP contribution >= 0.6 is 0 Å². The van der Waals surface area contributed by atoms with Crippen LogP contribution in [0, 0.1) is 12.7 Å². The Hall–Kier alpha value is -0.890. The first kappa shape index (κ1) is 11.2. The van der Waals surface area contributed by atoms with Gasteiger partial charge in [-0.25, -0.2) is 4.39 Å². The molecule has 1 aromatic carbocycles. The Morgan fingerprint density at radius 3 is 2.57 bits per heavy atom. The second kappa shape index (κ2) is 5.11. The topological polar surface area (TPSA) is 26.0 Å². The normalized spacial score (nSPS) is 10.6. The number of benzene rings is 1. The molecule has 0 atom stereocenters. The summed E-state index contributed by atoms with van der Waals surface area (Å²) in [5, 5.41) is 0. The highest BCUT2D eigenvalue weighted by Crippen LogP contribution is 2.17. The van der Waals surface area contributed by atoms with Crippen LogP contribution < -0.4 is 5.73 Å². The molecule has 2 heteroatoms. The van der Waals surface area contributed by atoms with Crippen LogP contribution in [0.2, 0.25) is 0 Å². The zero-order chi connectivity index (χ0) is 10.6. The second-order valence-corrected chi connectivity index (χ2v) is 3.62. The highest BCUT2D eigenvalue weighted by molar-refractivity contribution is 5.32. The minimum Gasteiger partial charge on any atom is -0.330 e. The minimum atomic E-state index is -0.0819. The van der Waals surface area contributed by atoms with Crippen molar-refractivity contribution >= 4 is 0 Å². The molecule has 2 N–H and O–H groups in total. The third-order valence-electron chi connectivity index (χ3n) is 2.54. The molecule has 0 saturated heterocycles. The molecule has 1 aromatic rings. The summed E-state index contributed by atoms with van der Waals surface area (Å²) in [6.45, 7) is 4.62. The van der Waals surface area contributed by atoms with E-state index in [1.54, 1.807) is 6.07 Å². The van der Waals surface area contributed by atoms with E-state index in [1.807, 2.05) is 19.9 Å². The first-order chi connectivity index (χ1) is 6.69. The lowest BCUT2D eigenvalue weighted by molar-refractivity contribution is 0.609. The Bertz CT molecular complexity index is 307. The van der Waals surface area contributed by atoms with E-state index >= 15 is 0 Å². The van der Waals surface area contributed by atoms with E-state index < -0.39 is 0 Å². The Balaban J connectivity index is 2.92. The first-order valence-electron chi connectivity index (χ1n) is 5.17. The van der Waals surface area contributed by atoms with Gasteiger partial charge in [-0.05, 0) is 55.5 Å². The number of hydrogen-bond donors (Lipinski definition) is 1. The van der Waals surface area contributed by atoms with Crippen molar-refractivity contribution in [3.05, 3.63) is 34.6 Å². The predicted molar refractivity (Wildman–Crippen MR) is 57.9 cm³/mol. The van der Waals surface area contributed by atoms with Crippen molar-refractivity contribution in [2.75, 3.05) is 6.54 Å². The van der Waals surface area contributed by atoms with Crippen molar-refractivity contribution < 1.29 is 4.39 Å². The summed E-state index contributed by atoms with van der Waals surface area (Å²) in [6.07, 6.45) is 2.67. The Morgan fingerprint density at radius 1 is 1.29 bits per heavy atom. The van der Waals surface area contributed by atoms with Crippen LogP contribution in [0.4, 0.5) is 4.39 Å². The first-order valence-corrected chi connectivity index (χ1v) is 5.17. The molecule has 0 aromatic heterocycles. The summed E-state index contributed by atoms with van der Waals surface area (Å²) in [6, 6.07) is 3.60. The van der Waals surface area contributed by atoms with Crippen molar-refractivity contribution in [2.45, 2.75) is 33.1 Å². The lowest BCUT2D eigenvalue weighted by Gasteiger charge is -2.08. The maximum absolute atomic E-state index is 13.3. The summed E-state index contributed by atoms with van der Waals surface area (Å²) >= 11 is 0. The lowest BCUT2D eigenvalue weighted by atomic mass is 9.99. The van der Waals surface area contributed by atoms with E-state index in [0.29, 0.717) is 6.54 Å². The third kappa shape index (κ3) is 2.55. The summed E-state index contributed by atoms with van der Waals surface area (Å²) in [5.41, 5.74) is 8.53. The molecule has 0 fully saturated rings. The molecule has 0 amide bonds. The third-order valence-corrected chi connectivity index (χ3v) is 2.54. The highest BCUT2D eigenvalue weighted by atomic mass is 19.1. The summed E-state index contributed by atoms with van der Waals surface area (Å²) < 4.78 is 13.3. The molecule has 1 nitrogen and oxygen atoms in total. The maximum Gasteiger partial charge on any atom is 0.126 e. The monoisotopic (exact) mass is 195 g/mol. The number of rotatable bonds is 4. The Kier molecular flexibility index (Phi) is 4.08. The van der Waals surface area contributed by atoms with Crippen LogP contribution in [-0.4, -0.2) is 6.54 Å². The molecule has 0 aliphatic carbocycles. The average Bonchev–Trinajstić information content (AvgIpc) is 2.17. The van der Waals surface area contributed by atoms with Crippen molar-refractivity contribution in [1.29, 1.82) is 0 Å². The zero-order valence-electron chi connectivity index (χ0n) is 8.94. The molecule has 0 aliphatic heterocycles. The quantitative estimate of drug-likeness (QED) is 0.785. The largest absolute Gasteiger partial charge is 0.330 e. The fourth-order valence-electron chi connectivity index (χ4n) is 1.60. The molecule has 0 radical (unpaired) electrons. The van der Waals surface area contributed by atoms with Crippen LogP contribution in [0.1, 0.15) is 30.0 Å². The molecule has 78 valence electrons. The smallest absolute Gasteiger partial charge is 0.126 e. The molecule has 0 saturated carbocycles. The van der Waals surface area contributed by atoms with Crippen LogP contribution in [0.3, 0.4) is 0 Å². The van der Waals surface area contributed by atoms with Gasteiger partial charge in [-0.3, -0.25) is 0 Å². The van der Waals surface area contributed by atoms with Gasteiger partial charge in [-0.2, -0.15) is 0 Å². The van der Waals surface area contributed by atoms with E-state index in [0.717, 1.165) is 30.4 Å². The molecule has 0 heterocycles. The fourth-order valence-corrected chi connectivity index (χ4v) is 1.60. The fraction of sp³-hybridized carbons (Fsp3) is 0.500. The molecule has 1 rings (SSSR count). The van der Waals surface area contributed by atoms with Gasteiger partial charge in [0, 0.05) is 0 Å². The van der Waals surface area contributed by atoms with Crippen molar-refractivity contribution in [1.82, 2.24) is 0 Å². The lowest BCUT2D eigenvalue weighted by Crippen LogP contribution is -2.02. The Morgan fingerprint density at radius 2 is 2.00 bits per heavy atom. The number of aryl methyl sites for hydroxylation is 3. The predicted octanol–water partition coefficient (Wildman–Crippen LogP) is 2.59. The number of nitrogens with two attached hydrogens (primary N) is 1. The van der Waals surface area contributed by atoms with Gasteiger partial charge >= 0.3 is 0 Å². The van der Waals surface area contributed by atoms with E-state index in [1.165, 1.54) is 5.56 Å². The van der Waals surface area contributed by atoms with Gasteiger partial charge in [0.1, 0.15) is 5.82 Å². The van der Waals surface area contributed by atoms with Gasteiger partial charge in [0.25, 0.3) is 0 Å². The van der Waals surface area contributed by atoms with Gasteiger partial charge in [-0.1, -0.05) is 13.0 Å². The molecule has 0 aliphatic rings. The van der Waals surface area contributed by atoms with E-state index in [2.05, 4.69) is 0 Å². The molecular weight excluding hydrogens is 177 g/mol. The van der Waals surface area contributed by atoms with Gasteiger partial charge < -0.3 is 5.73 Å². The van der Waals surface area contributed by atoms with Gasteiger partial charge in [0.15, 0.2) is 0 Å². The summed E-state index contributed by atoms with van der Waals surface area (Å²) in [4.78, 5) is 0. The van der Waals surface area contributed by atoms with Crippen molar-refractivity contribution in [3.8, 4) is 0 Å². The van der Waals surface area contributed by atoms with Crippen LogP contribution in [0.25, 0.3) is 0 Å². The molecule has 14 heavy (non-hydrogen) atoms. The molecular formula is C12H18FN. The van der Waals surface area contributed by atoms with Crippen LogP contribution in [0.15, 0.2) is 12.1 Å². The van der Waals surface area contributed by atoms with Gasteiger partial charge in [0.2, 0.25) is 0 Å². The van der Waals surface area contributed by atoms with E-state index in [4.69, 9.17) is 5.73 Å². The second-order valence-electron chi connectivity index (χ2n) is 3.62. The zero-order valence-corrected chi connectivity index (χ0v) is 8.94. The van der Waals surface area contributed by atoms with Crippen molar-refractivity contribution in [3.63, 3.8) is 0 Å². The van der Waals surface area contributed by atoms with E-state index in [9.17, 15) is 4.39 Å². The van der Waals surface area contributed by atoms with E-state index in [-0.39, 0.29) is 5.82 Å². The van der Waals surface area contributed by atoms with Gasteiger partial charge in [-0.15, -0.1) is 0 Å². The maximum atomic E-state index is 13.3. The highest BCUT2D eigenvalue weighted by Gasteiger charge is 2.05. The van der Waals surface area contributed by atoms with Gasteiger partial charge in [0.05, 0.1) is 0 Å². The molecule has 0 bridgehead atoms. The molecule has 0 spiro atoms. The average molecular weight is 195 g/mol. The van der Waals surface area contributed by atoms with Crippen molar-refractivity contribution in [2.24, 2.45) is 5.73 Å². The number of hydrogen-bond acceptors (Lipinski definition) is 1. The Labute approximate surface area is 85.1 Å². The standard InChI is InChI=1S/C12H18FN/c1-3-10-8-11(5-4-6-14)9(2)7-12(10)13/h7-8H,3-6,14H2,1-2H3. The number of halogens is 1. The SMILES string of the molecule is CCc1cc(CCCN)c(C)cc1F.